The molecule has 1 saturated carbocycles. The van der Waals surface area contributed by atoms with Crippen LogP contribution in [0.2, 0.25) is 0 Å². The maximum atomic E-state index is 10.4. The largest absolute Gasteiger partial charge is 0.392 e. The first-order valence-electron chi connectivity index (χ1n) is 6.28. The van der Waals surface area contributed by atoms with Crippen molar-refractivity contribution in [3.8, 4) is 0 Å². The van der Waals surface area contributed by atoms with Gasteiger partial charge in [0.05, 0.1) is 6.10 Å². The molecule has 1 atom stereocenters. The highest BCUT2D eigenvalue weighted by molar-refractivity contribution is 4.91. The SMILES string of the molecule is CC(C)(C)CC(O)C1(CN)CCCCC1. The van der Waals surface area contributed by atoms with Crippen LogP contribution in [-0.2, 0) is 0 Å². The molecule has 3 N–H and O–H groups in total. The smallest absolute Gasteiger partial charge is 0.0613 e. The molecule has 0 aromatic carbocycles. The third-order valence-electron chi connectivity index (χ3n) is 3.77. The standard InChI is InChI=1S/C13H27NO/c1-12(2,3)9-11(15)13(10-14)7-5-4-6-8-13/h11,15H,4-10,14H2,1-3H3. The van der Waals surface area contributed by atoms with Crippen LogP contribution in [0.4, 0.5) is 0 Å². The predicted molar refractivity (Wildman–Crippen MR) is 64.7 cm³/mol. The van der Waals surface area contributed by atoms with Crippen LogP contribution in [0.15, 0.2) is 0 Å². The normalized spacial score (nSPS) is 23.8. The van der Waals surface area contributed by atoms with Crippen LogP contribution in [0.25, 0.3) is 0 Å². The Kier molecular flexibility index (Phi) is 4.19. The minimum atomic E-state index is -0.220. The fourth-order valence-corrected chi connectivity index (χ4v) is 2.73. The third kappa shape index (κ3) is 3.46. The van der Waals surface area contributed by atoms with Gasteiger partial charge >= 0.3 is 0 Å². The summed E-state index contributed by atoms with van der Waals surface area (Å²) in [5, 5.41) is 10.4. The van der Waals surface area contributed by atoms with E-state index in [0.717, 1.165) is 19.3 Å². The van der Waals surface area contributed by atoms with Gasteiger partial charge in [-0.25, -0.2) is 0 Å². The summed E-state index contributed by atoms with van der Waals surface area (Å²) in [5.74, 6) is 0. The summed E-state index contributed by atoms with van der Waals surface area (Å²) in [7, 11) is 0. The van der Waals surface area contributed by atoms with Crippen molar-refractivity contribution in [3.63, 3.8) is 0 Å². The second-order valence-corrected chi connectivity index (χ2v) is 6.41. The number of aliphatic hydroxyl groups is 1. The van der Waals surface area contributed by atoms with E-state index in [2.05, 4.69) is 20.8 Å². The third-order valence-corrected chi connectivity index (χ3v) is 3.77. The Labute approximate surface area is 94.2 Å². The molecule has 90 valence electrons. The Morgan fingerprint density at radius 1 is 1.20 bits per heavy atom. The zero-order valence-electron chi connectivity index (χ0n) is 10.6. The highest BCUT2D eigenvalue weighted by atomic mass is 16.3. The maximum absolute atomic E-state index is 10.4. The van der Waals surface area contributed by atoms with Gasteiger partial charge in [0, 0.05) is 12.0 Å². The van der Waals surface area contributed by atoms with E-state index in [9.17, 15) is 5.11 Å². The van der Waals surface area contributed by atoms with Gasteiger partial charge < -0.3 is 10.8 Å². The summed E-state index contributed by atoms with van der Waals surface area (Å²) in [4.78, 5) is 0. The van der Waals surface area contributed by atoms with Crippen LogP contribution < -0.4 is 5.73 Å². The average Bonchev–Trinajstić information content (AvgIpc) is 2.16. The lowest BCUT2D eigenvalue weighted by molar-refractivity contribution is -0.0217. The molecule has 2 heteroatoms. The molecule has 2 nitrogen and oxygen atoms in total. The first-order chi connectivity index (χ1) is 6.90. The Hall–Kier alpha value is -0.0800. The molecule has 1 fully saturated rings. The molecule has 0 bridgehead atoms. The van der Waals surface area contributed by atoms with Gasteiger partial charge in [0.15, 0.2) is 0 Å². The van der Waals surface area contributed by atoms with E-state index in [1.807, 2.05) is 0 Å². The van der Waals surface area contributed by atoms with Crippen molar-refractivity contribution in [2.45, 2.75) is 65.4 Å². The van der Waals surface area contributed by atoms with Gasteiger partial charge in [-0.15, -0.1) is 0 Å². The van der Waals surface area contributed by atoms with Gasteiger partial charge in [0.2, 0.25) is 0 Å². The lowest BCUT2D eigenvalue weighted by Crippen LogP contribution is -2.44. The van der Waals surface area contributed by atoms with Crippen LogP contribution in [0, 0.1) is 10.8 Å². The summed E-state index contributed by atoms with van der Waals surface area (Å²) >= 11 is 0. The average molecular weight is 213 g/mol. The summed E-state index contributed by atoms with van der Waals surface area (Å²) in [6.45, 7) is 7.19. The molecule has 1 rings (SSSR count). The molecule has 0 aliphatic heterocycles. The fraction of sp³-hybridized carbons (Fsp3) is 1.00. The molecule has 0 amide bonds. The van der Waals surface area contributed by atoms with Crippen molar-refractivity contribution in [2.24, 2.45) is 16.6 Å². The van der Waals surface area contributed by atoms with E-state index >= 15 is 0 Å². The number of nitrogens with two attached hydrogens (primary N) is 1. The van der Waals surface area contributed by atoms with Crippen LogP contribution in [0.3, 0.4) is 0 Å². The molecule has 1 aliphatic carbocycles. The summed E-state index contributed by atoms with van der Waals surface area (Å²) in [6, 6.07) is 0. The minimum absolute atomic E-state index is 0.0194. The number of hydrogen-bond acceptors (Lipinski definition) is 2. The molecule has 0 aromatic heterocycles. The summed E-state index contributed by atoms with van der Waals surface area (Å²) in [5.41, 5.74) is 6.11. The van der Waals surface area contributed by atoms with Crippen molar-refractivity contribution in [1.29, 1.82) is 0 Å². The Balaban J connectivity index is 2.63. The highest BCUT2D eigenvalue weighted by Crippen LogP contribution is 2.41. The lowest BCUT2D eigenvalue weighted by Gasteiger charge is -2.42. The Morgan fingerprint density at radius 3 is 2.13 bits per heavy atom. The van der Waals surface area contributed by atoms with Gasteiger partial charge in [-0.1, -0.05) is 40.0 Å². The molecular formula is C13H27NO. The summed E-state index contributed by atoms with van der Waals surface area (Å²) < 4.78 is 0. The second kappa shape index (κ2) is 4.84. The Bertz CT molecular complexity index is 189. The minimum Gasteiger partial charge on any atom is -0.392 e. The van der Waals surface area contributed by atoms with Crippen molar-refractivity contribution < 1.29 is 5.11 Å². The van der Waals surface area contributed by atoms with E-state index in [4.69, 9.17) is 5.73 Å². The van der Waals surface area contributed by atoms with Gasteiger partial charge in [0.1, 0.15) is 0 Å². The van der Waals surface area contributed by atoms with Gasteiger partial charge in [0.25, 0.3) is 0 Å². The van der Waals surface area contributed by atoms with E-state index in [1.165, 1.54) is 19.3 Å². The van der Waals surface area contributed by atoms with Crippen LogP contribution in [-0.4, -0.2) is 17.8 Å². The molecule has 0 spiro atoms. The molecule has 1 aliphatic rings. The van der Waals surface area contributed by atoms with Crippen LogP contribution >= 0.6 is 0 Å². The van der Waals surface area contributed by atoms with Crippen molar-refractivity contribution in [2.75, 3.05) is 6.54 Å². The fourth-order valence-electron chi connectivity index (χ4n) is 2.73. The topological polar surface area (TPSA) is 46.2 Å². The molecule has 1 unspecified atom stereocenters. The molecule has 0 saturated heterocycles. The zero-order valence-corrected chi connectivity index (χ0v) is 10.6. The van der Waals surface area contributed by atoms with E-state index < -0.39 is 0 Å². The van der Waals surface area contributed by atoms with Gasteiger partial charge in [-0.3, -0.25) is 0 Å². The monoisotopic (exact) mass is 213 g/mol. The number of hydrogen-bond donors (Lipinski definition) is 2. The molecule has 0 heterocycles. The molecule has 15 heavy (non-hydrogen) atoms. The van der Waals surface area contributed by atoms with E-state index in [-0.39, 0.29) is 16.9 Å². The highest BCUT2D eigenvalue weighted by Gasteiger charge is 2.39. The van der Waals surface area contributed by atoms with Crippen molar-refractivity contribution in [3.05, 3.63) is 0 Å². The predicted octanol–water partition coefficient (Wildman–Crippen LogP) is 2.69. The first kappa shape index (κ1) is 13.0. The van der Waals surface area contributed by atoms with Crippen LogP contribution in [0.5, 0.6) is 0 Å². The molecule has 0 radical (unpaired) electrons. The molecule has 0 aromatic rings. The number of rotatable bonds is 3. The van der Waals surface area contributed by atoms with E-state index in [0.29, 0.717) is 6.54 Å². The maximum Gasteiger partial charge on any atom is 0.0613 e. The zero-order chi connectivity index (χ0) is 11.5. The lowest BCUT2D eigenvalue weighted by atomic mass is 9.67. The summed E-state index contributed by atoms with van der Waals surface area (Å²) in [6.07, 6.45) is 6.65. The van der Waals surface area contributed by atoms with Gasteiger partial charge in [-0.05, 0) is 24.7 Å². The second-order valence-electron chi connectivity index (χ2n) is 6.41. The van der Waals surface area contributed by atoms with E-state index in [1.54, 1.807) is 0 Å². The van der Waals surface area contributed by atoms with Crippen LogP contribution in [0.1, 0.15) is 59.3 Å². The number of aliphatic hydroxyl groups excluding tert-OH is 1. The van der Waals surface area contributed by atoms with Gasteiger partial charge in [-0.2, -0.15) is 0 Å². The first-order valence-corrected chi connectivity index (χ1v) is 6.28. The van der Waals surface area contributed by atoms with Crippen molar-refractivity contribution in [1.82, 2.24) is 0 Å². The molecular weight excluding hydrogens is 186 g/mol. The van der Waals surface area contributed by atoms with Crippen molar-refractivity contribution >= 4 is 0 Å². The quantitative estimate of drug-likeness (QED) is 0.757. The Morgan fingerprint density at radius 2 is 1.73 bits per heavy atom.